The fraction of sp³-hybridized carbons (Fsp3) is 0.0833. The first-order valence-electron chi connectivity index (χ1n) is 4.70. The molecule has 3 heteroatoms. The van der Waals surface area contributed by atoms with E-state index in [4.69, 9.17) is 0 Å². The molecular formula is C12H11NOS. The molecule has 0 bridgehead atoms. The Morgan fingerprint density at radius 1 is 1.13 bits per heavy atom. The lowest BCUT2D eigenvalue weighted by atomic mass is 10.1. The number of hydrogen-bond acceptors (Lipinski definition) is 2. The third kappa shape index (κ3) is 2.13. The van der Waals surface area contributed by atoms with E-state index in [1.165, 1.54) is 0 Å². The zero-order chi connectivity index (χ0) is 10.7. The quantitative estimate of drug-likeness (QED) is 0.744. The Kier molecular flexibility index (Phi) is 2.92. The monoisotopic (exact) mass is 217 g/mol. The Balaban J connectivity index is 2.46. The summed E-state index contributed by atoms with van der Waals surface area (Å²) >= 11 is 3.93. The Morgan fingerprint density at radius 3 is 2.67 bits per heavy atom. The van der Waals surface area contributed by atoms with Crippen molar-refractivity contribution >= 4 is 35.0 Å². The number of rotatable bonds is 2. The third-order valence-corrected chi connectivity index (χ3v) is 2.49. The molecule has 76 valence electrons. The van der Waals surface area contributed by atoms with E-state index in [1.807, 2.05) is 42.5 Å². The first-order valence-corrected chi connectivity index (χ1v) is 5.33. The smallest absolute Gasteiger partial charge is 0.234 e. The molecular weight excluding hydrogens is 206 g/mol. The van der Waals surface area contributed by atoms with Crippen LogP contribution in [0.25, 0.3) is 10.8 Å². The predicted octanol–water partition coefficient (Wildman–Crippen LogP) is 2.71. The molecule has 0 aliphatic carbocycles. The minimum Gasteiger partial charge on any atom is -0.325 e. The molecule has 2 aromatic rings. The van der Waals surface area contributed by atoms with Crippen molar-refractivity contribution in [2.75, 3.05) is 11.1 Å². The van der Waals surface area contributed by atoms with Crippen molar-refractivity contribution in [3.63, 3.8) is 0 Å². The number of anilines is 1. The highest BCUT2D eigenvalue weighted by molar-refractivity contribution is 7.81. The molecule has 1 amide bonds. The van der Waals surface area contributed by atoms with Crippen LogP contribution in [0.3, 0.4) is 0 Å². The Morgan fingerprint density at radius 2 is 1.87 bits per heavy atom. The molecule has 2 aromatic carbocycles. The van der Waals surface area contributed by atoms with E-state index in [2.05, 4.69) is 17.9 Å². The second-order valence-electron chi connectivity index (χ2n) is 3.23. The molecule has 15 heavy (non-hydrogen) atoms. The highest BCUT2D eigenvalue weighted by Gasteiger charge is 2.02. The number of fused-ring (bicyclic) bond motifs is 1. The van der Waals surface area contributed by atoms with Gasteiger partial charge in [-0.25, -0.2) is 0 Å². The van der Waals surface area contributed by atoms with Crippen LogP contribution in [0.5, 0.6) is 0 Å². The van der Waals surface area contributed by atoms with Crippen molar-refractivity contribution in [3.05, 3.63) is 42.5 Å². The van der Waals surface area contributed by atoms with E-state index < -0.39 is 0 Å². The molecule has 0 saturated carbocycles. The van der Waals surface area contributed by atoms with Gasteiger partial charge in [0.1, 0.15) is 0 Å². The van der Waals surface area contributed by atoms with Gasteiger partial charge in [-0.2, -0.15) is 12.6 Å². The summed E-state index contributed by atoms with van der Waals surface area (Å²) < 4.78 is 0. The van der Waals surface area contributed by atoms with Crippen LogP contribution in [-0.4, -0.2) is 11.7 Å². The average Bonchev–Trinajstić information content (AvgIpc) is 2.29. The lowest BCUT2D eigenvalue weighted by Crippen LogP contribution is -2.12. The minimum atomic E-state index is -0.0883. The van der Waals surface area contributed by atoms with E-state index in [1.54, 1.807) is 0 Å². The summed E-state index contributed by atoms with van der Waals surface area (Å²) in [5, 5.41) is 4.99. The molecule has 0 unspecified atom stereocenters. The molecule has 0 heterocycles. The average molecular weight is 217 g/mol. The normalized spacial score (nSPS) is 10.2. The minimum absolute atomic E-state index is 0.0883. The van der Waals surface area contributed by atoms with Gasteiger partial charge in [0.05, 0.1) is 5.75 Å². The number of nitrogens with one attached hydrogen (secondary N) is 1. The van der Waals surface area contributed by atoms with Crippen molar-refractivity contribution in [2.24, 2.45) is 0 Å². The van der Waals surface area contributed by atoms with Crippen LogP contribution in [0.2, 0.25) is 0 Å². The van der Waals surface area contributed by atoms with Crippen molar-refractivity contribution in [1.29, 1.82) is 0 Å². The summed E-state index contributed by atoms with van der Waals surface area (Å²) in [6.07, 6.45) is 0. The third-order valence-electron chi connectivity index (χ3n) is 2.21. The van der Waals surface area contributed by atoms with Gasteiger partial charge in [0.25, 0.3) is 0 Å². The predicted molar refractivity (Wildman–Crippen MR) is 66.4 cm³/mol. The Bertz CT molecular complexity index is 490. The van der Waals surface area contributed by atoms with Gasteiger partial charge in [-0.3, -0.25) is 4.79 Å². The number of amides is 1. The summed E-state index contributed by atoms with van der Waals surface area (Å²) in [6.45, 7) is 0. The zero-order valence-corrected chi connectivity index (χ0v) is 9.00. The van der Waals surface area contributed by atoms with Crippen molar-refractivity contribution < 1.29 is 4.79 Å². The fourth-order valence-corrected chi connectivity index (χ4v) is 1.60. The van der Waals surface area contributed by atoms with Gasteiger partial charge in [0.2, 0.25) is 5.91 Å². The Hall–Kier alpha value is -1.48. The van der Waals surface area contributed by atoms with E-state index in [0.717, 1.165) is 16.5 Å². The number of carbonyl (C=O) groups is 1. The summed E-state index contributed by atoms with van der Waals surface area (Å²) in [7, 11) is 0. The molecule has 0 aliphatic rings. The van der Waals surface area contributed by atoms with Crippen LogP contribution < -0.4 is 5.32 Å². The topological polar surface area (TPSA) is 29.1 Å². The van der Waals surface area contributed by atoms with Gasteiger partial charge in [-0.1, -0.05) is 36.4 Å². The lowest BCUT2D eigenvalue weighted by molar-refractivity contribution is -0.113. The standard InChI is InChI=1S/C12H11NOS/c14-12(8-15)13-11-7-3-5-9-4-1-2-6-10(9)11/h1-7,15H,8H2,(H,13,14). The number of carbonyl (C=O) groups excluding carboxylic acids is 1. The largest absolute Gasteiger partial charge is 0.325 e. The summed E-state index contributed by atoms with van der Waals surface area (Å²) in [4.78, 5) is 11.2. The SMILES string of the molecule is O=C(CS)Nc1cccc2ccccc12. The summed E-state index contributed by atoms with van der Waals surface area (Å²) in [5.41, 5.74) is 0.840. The molecule has 0 spiro atoms. The first kappa shape index (κ1) is 10.1. The maximum atomic E-state index is 11.2. The van der Waals surface area contributed by atoms with Crippen LogP contribution in [0.1, 0.15) is 0 Å². The maximum Gasteiger partial charge on any atom is 0.234 e. The Labute approximate surface area is 93.7 Å². The molecule has 0 fully saturated rings. The highest BCUT2D eigenvalue weighted by atomic mass is 32.1. The first-order chi connectivity index (χ1) is 7.31. The number of thiol groups is 1. The van der Waals surface area contributed by atoms with Crippen LogP contribution in [-0.2, 0) is 4.79 Å². The molecule has 0 saturated heterocycles. The molecule has 2 rings (SSSR count). The second kappa shape index (κ2) is 4.36. The van der Waals surface area contributed by atoms with E-state index in [-0.39, 0.29) is 11.7 Å². The molecule has 1 N–H and O–H groups in total. The molecule has 0 aliphatic heterocycles. The maximum absolute atomic E-state index is 11.2. The van der Waals surface area contributed by atoms with Gasteiger partial charge in [-0.15, -0.1) is 0 Å². The van der Waals surface area contributed by atoms with Gasteiger partial charge in [0.15, 0.2) is 0 Å². The number of benzene rings is 2. The van der Waals surface area contributed by atoms with Crippen LogP contribution in [0.4, 0.5) is 5.69 Å². The molecule has 0 atom stereocenters. The fourth-order valence-electron chi connectivity index (χ4n) is 1.52. The van der Waals surface area contributed by atoms with Gasteiger partial charge < -0.3 is 5.32 Å². The number of hydrogen-bond donors (Lipinski definition) is 2. The summed E-state index contributed by atoms with van der Waals surface area (Å²) in [5.74, 6) is 0.109. The molecule has 0 radical (unpaired) electrons. The highest BCUT2D eigenvalue weighted by Crippen LogP contribution is 2.22. The van der Waals surface area contributed by atoms with E-state index >= 15 is 0 Å². The van der Waals surface area contributed by atoms with E-state index in [0.29, 0.717) is 0 Å². The van der Waals surface area contributed by atoms with E-state index in [9.17, 15) is 4.79 Å². The van der Waals surface area contributed by atoms with Crippen molar-refractivity contribution in [1.82, 2.24) is 0 Å². The van der Waals surface area contributed by atoms with Gasteiger partial charge >= 0.3 is 0 Å². The van der Waals surface area contributed by atoms with Crippen LogP contribution in [0, 0.1) is 0 Å². The van der Waals surface area contributed by atoms with Crippen molar-refractivity contribution in [2.45, 2.75) is 0 Å². The molecule has 2 nitrogen and oxygen atoms in total. The second-order valence-corrected chi connectivity index (χ2v) is 3.55. The van der Waals surface area contributed by atoms with Gasteiger partial charge in [-0.05, 0) is 11.5 Å². The van der Waals surface area contributed by atoms with Crippen molar-refractivity contribution in [3.8, 4) is 0 Å². The molecule has 0 aromatic heterocycles. The summed E-state index contributed by atoms with van der Waals surface area (Å²) in [6, 6.07) is 13.8. The van der Waals surface area contributed by atoms with Crippen LogP contribution in [0.15, 0.2) is 42.5 Å². The lowest BCUT2D eigenvalue weighted by Gasteiger charge is -2.06. The van der Waals surface area contributed by atoms with Crippen LogP contribution >= 0.6 is 12.6 Å². The zero-order valence-electron chi connectivity index (χ0n) is 8.10. The van der Waals surface area contributed by atoms with Gasteiger partial charge in [0, 0.05) is 11.1 Å².